The van der Waals surface area contributed by atoms with Crippen molar-refractivity contribution in [2.45, 2.75) is 33.3 Å². The second-order valence-electron chi connectivity index (χ2n) is 4.22. The standard InChI is InChI=1S/C11H20N2O3/c1-5-6-9(14)12-7-8-13-10(15)16-11(2,3)4/h5-6H,7-8H2,1-4H3,(H,12,14)(H,13,15)/b6-5+. The fourth-order valence-corrected chi connectivity index (χ4v) is 0.875. The molecule has 0 rings (SSSR count). The van der Waals surface area contributed by atoms with Gasteiger partial charge in [0.1, 0.15) is 5.60 Å². The van der Waals surface area contributed by atoms with Crippen molar-refractivity contribution in [2.75, 3.05) is 13.1 Å². The Balaban J connectivity index is 3.60. The summed E-state index contributed by atoms with van der Waals surface area (Å²) in [5.41, 5.74) is -0.502. The smallest absolute Gasteiger partial charge is 0.407 e. The third-order valence-electron chi connectivity index (χ3n) is 1.41. The topological polar surface area (TPSA) is 67.4 Å². The van der Waals surface area contributed by atoms with Gasteiger partial charge < -0.3 is 15.4 Å². The van der Waals surface area contributed by atoms with Gasteiger partial charge in [0.2, 0.25) is 5.91 Å². The van der Waals surface area contributed by atoms with Crippen molar-refractivity contribution < 1.29 is 14.3 Å². The van der Waals surface area contributed by atoms with Crippen LogP contribution < -0.4 is 10.6 Å². The van der Waals surface area contributed by atoms with E-state index >= 15 is 0 Å². The van der Waals surface area contributed by atoms with E-state index in [0.717, 1.165) is 0 Å². The van der Waals surface area contributed by atoms with Gasteiger partial charge in [-0.3, -0.25) is 4.79 Å². The summed E-state index contributed by atoms with van der Waals surface area (Å²) in [5.74, 6) is -0.173. The minimum absolute atomic E-state index is 0.173. The van der Waals surface area contributed by atoms with Gasteiger partial charge in [-0.1, -0.05) is 6.08 Å². The van der Waals surface area contributed by atoms with Gasteiger partial charge in [0.05, 0.1) is 0 Å². The van der Waals surface area contributed by atoms with Crippen LogP contribution in [0.15, 0.2) is 12.2 Å². The van der Waals surface area contributed by atoms with E-state index in [1.165, 1.54) is 6.08 Å². The molecule has 16 heavy (non-hydrogen) atoms. The van der Waals surface area contributed by atoms with Crippen LogP contribution in [0.25, 0.3) is 0 Å². The summed E-state index contributed by atoms with van der Waals surface area (Å²) < 4.78 is 5.02. The van der Waals surface area contributed by atoms with Gasteiger partial charge in [0.25, 0.3) is 0 Å². The van der Waals surface area contributed by atoms with Gasteiger partial charge in [-0.2, -0.15) is 0 Å². The Labute approximate surface area is 96.2 Å². The largest absolute Gasteiger partial charge is 0.444 e. The molecule has 2 amide bonds. The minimum Gasteiger partial charge on any atom is -0.444 e. The van der Waals surface area contributed by atoms with E-state index in [1.807, 2.05) is 0 Å². The van der Waals surface area contributed by atoms with Crippen LogP contribution in [0.5, 0.6) is 0 Å². The second-order valence-corrected chi connectivity index (χ2v) is 4.22. The molecule has 0 spiro atoms. The molecular formula is C11H20N2O3. The maximum Gasteiger partial charge on any atom is 0.407 e. The lowest BCUT2D eigenvalue weighted by Gasteiger charge is -2.19. The molecule has 0 saturated carbocycles. The lowest BCUT2D eigenvalue weighted by atomic mass is 10.2. The molecule has 0 aliphatic rings. The van der Waals surface area contributed by atoms with Gasteiger partial charge >= 0.3 is 6.09 Å². The average molecular weight is 228 g/mol. The van der Waals surface area contributed by atoms with Crippen LogP contribution in [0.4, 0.5) is 4.79 Å². The molecule has 0 heterocycles. The molecule has 0 aliphatic heterocycles. The van der Waals surface area contributed by atoms with Gasteiger partial charge in [-0.25, -0.2) is 4.79 Å². The van der Waals surface area contributed by atoms with Gasteiger partial charge in [0, 0.05) is 13.1 Å². The number of amides is 2. The van der Waals surface area contributed by atoms with E-state index in [1.54, 1.807) is 33.8 Å². The molecule has 5 nitrogen and oxygen atoms in total. The van der Waals surface area contributed by atoms with Gasteiger partial charge in [-0.05, 0) is 33.8 Å². The minimum atomic E-state index is -0.502. The monoisotopic (exact) mass is 228 g/mol. The molecule has 0 radical (unpaired) electrons. The Hall–Kier alpha value is -1.52. The van der Waals surface area contributed by atoms with Crippen LogP contribution in [0, 0.1) is 0 Å². The van der Waals surface area contributed by atoms with E-state index in [0.29, 0.717) is 13.1 Å². The summed E-state index contributed by atoms with van der Waals surface area (Å²) in [4.78, 5) is 22.1. The first-order chi connectivity index (χ1) is 7.35. The normalized spacial score (nSPS) is 11.2. The molecule has 5 heteroatoms. The van der Waals surface area contributed by atoms with Crippen molar-refractivity contribution in [1.29, 1.82) is 0 Å². The number of hydrogen-bond donors (Lipinski definition) is 2. The lowest BCUT2D eigenvalue weighted by Crippen LogP contribution is -2.37. The number of alkyl carbamates (subject to hydrolysis) is 1. The molecule has 0 aromatic heterocycles. The highest BCUT2D eigenvalue weighted by Gasteiger charge is 2.15. The summed E-state index contributed by atoms with van der Waals surface area (Å²) in [6.07, 6.45) is 2.59. The predicted octanol–water partition coefficient (Wildman–Crippen LogP) is 1.20. The predicted molar refractivity (Wildman–Crippen MR) is 62.1 cm³/mol. The first kappa shape index (κ1) is 14.5. The van der Waals surface area contributed by atoms with E-state index in [2.05, 4.69) is 10.6 Å². The van der Waals surface area contributed by atoms with Crippen molar-refractivity contribution >= 4 is 12.0 Å². The first-order valence-electron chi connectivity index (χ1n) is 5.22. The SMILES string of the molecule is C/C=C/C(=O)NCCNC(=O)OC(C)(C)C. The number of carbonyl (C=O) groups excluding carboxylic acids is 2. The van der Waals surface area contributed by atoms with Gasteiger partial charge in [0.15, 0.2) is 0 Å². The van der Waals surface area contributed by atoms with Crippen LogP contribution in [0.2, 0.25) is 0 Å². The van der Waals surface area contributed by atoms with E-state index in [4.69, 9.17) is 4.74 Å². The van der Waals surface area contributed by atoms with Crippen LogP contribution >= 0.6 is 0 Å². The highest BCUT2D eigenvalue weighted by molar-refractivity contribution is 5.87. The third-order valence-corrected chi connectivity index (χ3v) is 1.41. The molecule has 0 aromatic carbocycles. The van der Waals surface area contributed by atoms with Gasteiger partial charge in [-0.15, -0.1) is 0 Å². The molecule has 0 aliphatic carbocycles. The Bertz CT molecular complexity index is 267. The molecule has 0 unspecified atom stereocenters. The number of ether oxygens (including phenoxy) is 1. The summed E-state index contributed by atoms with van der Waals surface area (Å²) in [5, 5.41) is 5.14. The molecule has 0 fully saturated rings. The number of hydrogen-bond acceptors (Lipinski definition) is 3. The van der Waals surface area contributed by atoms with Crippen molar-refractivity contribution in [3.05, 3.63) is 12.2 Å². The van der Waals surface area contributed by atoms with Crippen molar-refractivity contribution in [1.82, 2.24) is 10.6 Å². The van der Waals surface area contributed by atoms with Crippen molar-refractivity contribution in [3.63, 3.8) is 0 Å². The molecule has 2 N–H and O–H groups in total. The van der Waals surface area contributed by atoms with E-state index in [-0.39, 0.29) is 5.91 Å². The summed E-state index contributed by atoms with van der Waals surface area (Å²) >= 11 is 0. The Morgan fingerprint density at radius 1 is 1.19 bits per heavy atom. The maximum absolute atomic E-state index is 11.2. The maximum atomic E-state index is 11.2. The second kappa shape index (κ2) is 6.87. The molecule has 0 atom stereocenters. The Morgan fingerprint density at radius 2 is 1.75 bits per heavy atom. The van der Waals surface area contributed by atoms with Crippen LogP contribution in [-0.2, 0) is 9.53 Å². The third kappa shape index (κ3) is 9.05. The summed E-state index contributed by atoms with van der Waals surface area (Å²) in [7, 11) is 0. The lowest BCUT2D eigenvalue weighted by molar-refractivity contribution is -0.116. The zero-order chi connectivity index (χ0) is 12.6. The molecule has 0 aromatic rings. The first-order valence-corrected chi connectivity index (χ1v) is 5.22. The number of carbonyl (C=O) groups is 2. The Morgan fingerprint density at radius 3 is 2.25 bits per heavy atom. The van der Waals surface area contributed by atoms with E-state index < -0.39 is 11.7 Å². The van der Waals surface area contributed by atoms with Crippen LogP contribution in [0.3, 0.4) is 0 Å². The molecule has 92 valence electrons. The molecule has 0 bridgehead atoms. The summed E-state index contributed by atoms with van der Waals surface area (Å²) in [6.45, 7) is 7.86. The average Bonchev–Trinajstić information content (AvgIpc) is 2.10. The quantitative estimate of drug-likeness (QED) is 0.561. The van der Waals surface area contributed by atoms with Crippen molar-refractivity contribution in [2.24, 2.45) is 0 Å². The Kier molecular flexibility index (Phi) is 6.22. The number of nitrogens with one attached hydrogen (secondary N) is 2. The van der Waals surface area contributed by atoms with Crippen LogP contribution in [0.1, 0.15) is 27.7 Å². The fraction of sp³-hybridized carbons (Fsp3) is 0.636. The molecular weight excluding hydrogens is 208 g/mol. The number of rotatable bonds is 4. The fourth-order valence-electron chi connectivity index (χ4n) is 0.875. The van der Waals surface area contributed by atoms with Crippen molar-refractivity contribution in [3.8, 4) is 0 Å². The summed E-state index contributed by atoms with van der Waals surface area (Å²) in [6, 6.07) is 0. The molecule has 0 saturated heterocycles. The highest BCUT2D eigenvalue weighted by atomic mass is 16.6. The van der Waals surface area contributed by atoms with E-state index in [9.17, 15) is 9.59 Å². The number of allylic oxidation sites excluding steroid dienone is 1. The van der Waals surface area contributed by atoms with Crippen LogP contribution in [-0.4, -0.2) is 30.7 Å². The zero-order valence-electron chi connectivity index (χ0n) is 10.3. The highest BCUT2D eigenvalue weighted by Crippen LogP contribution is 2.05. The zero-order valence-corrected chi connectivity index (χ0v) is 10.3.